The Balaban J connectivity index is 2.19. The van der Waals surface area contributed by atoms with Crippen LogP contribution in [-0.2, 0) is 4.79 Å². The summed E-state index contributed by atoms with van der Waals surface area (Å²) in [6.07, 6.45) is 4.84. The van der Waals surface area contributed by atoms with Crippen molar-refractivity contribution >= 4 is 5.91 Å². The molecule has 1 heterocycles. The number of rotatable bonds is 5. The third kappa shape index (κ3) is 5.04. The van der Waals surface area contributed by atoms with Crippen LogP contribution in [-0.4, -0.2) is 55.5 Å². The van der Waals surface area contributed by atoms with E-state index < -0.39 is 0 Å². The predicted molar refractivity (Wildman–Crippen MR) is 70.7 cm³/mol. The normalized spacial score (nSPS) is 19.7. The minimum atomic E-state index is -0.347. The van der Waals surface area contributed by atoms with Crippen LogP contribution in [0.5, 0.6) is 0 Å². The Hall–Kier alpha value is -0.610. The molecule has 0 radical (unpaired) electrons. The zero-order valence-electron chi connectivity index (χ0n) is 11.5. The van der Waals surface area contributed by atoms with Gasteiger partial charge >= 0.3 is 0 Å². The molecule has 1 rings (SSSR count). The number of piperidine rings is 1. The lowest BCUT2D eigenvalue weighted by Crippen LogP contribution is -2.45. The van der Waals surface area contributed by atoms with E-state index >= 15 is 0 Å². The van der Waals surface area contributed by atoms with E-state index in [1.807, 2.05) is 4.90 Å². The van der Waals surface area contributed by atoms with E-state index in [1.165, 1.54) is 19.4 Å². The fraction of sp³-hybridized carbons (Fsp3) is 0.923. The van der Waals surface area contributed by atoms with E-state index in [4.69, 9.17) is 5.73 Å². The molecular weight excluding hydrogens is 214 g/mol. The van der Waals surface area contributed by atoms with Crippen LogP contribution >= 0.6 is 0 Å². The maximum Gasteiger partial charge on any atom is 0.239 e. The standard InChI is InChI=1S/C13H27N3O/c1-11(14)13(17)16-9-6-12(7-10-16)5-4-8-15(2)3/h11-12H,4-10,14H2,1-3H3/t11-/m0/s1. The maximum atomic E-state index is 11.7. The molecule has 2 N–H and O–H groups in total. The molecule has 0 aromatic heterocycles. The molecule has 1 aliphatic rings. The highest BCUT2D eigenvalue weighted by atomic mass is 16.2. The van der Waals surface area contributed by atoms with Gasteiger partial charge in [0.15, 0.2) is 0 Å². The predicted octanol–water partition coefficient (Wildman–Crippen LogP) is 0.914. The Labute approximate surface area is 105 Å². The number of nitrogens with zero attached hydrogens (tertiary/aromatic N) is 2. The van der Waals surface area contributed by atoms with Gasteiger partial charge in [0, 0.05) is 13.1 Å². The van der Waals surface area contributed by atoms with Crippen molar-refractivity contribution in [1.82, 2.24) is 9.80 Å². The average Bonchev–Trinajstić information content (AvgIpc) is 2.28. The number of carbonyl (C=O) groups excluding carboxylic acids is 1. The molecule has 1 saturated heterocycles. The van der Waals surface area contributed by atoms with Crippen molar-refractivity contribution in [3.8, 4) is 0 Å². The van der Waals surface area contributed by atoms with Crippen molar-refractivity contribution < 1.29 is 4.79 Å². The van der Waals surface area contributed by atoms with Gasteiger partial charge in [-0.25, -0.2) is 0 Å². The topological polar surface area (TPSA) is 49.6 Å². The first-order chi connectivity index (χ1) is 8.00. The van der Waals surface area contributed by atoms with Crippen LogP contribution in [0.25, 0.3) is 0 Å². The molecule has 100 valence electrons. The van der Waals surface area contributed by atoms with E-state index in [1.54, 1.807) is 6.92 Å². The third-order valence-electron chi connectivity index (χ3n) is 3.53. The number of nitrogens with two attached hydrogens (primary N) is 1. The van der Waals surface area contributed by atoms with Gasteiger partial charge in [0.25, 0.3) is 0 Å². The lowest BCUT2D eigenvalue weighted by atomic mass is 9.92. The monoisotopic (exact) mass is 241 g/mol. The number of hydrogen-bond acceptors (Lipinski definition) is 3. The van der Waals surface area contributed by atoms with Crippen molar-refractivity contribution in [3.05, 3.63) is 0 Å². The summed E-state index contributed by atoms with van der Waals surface area (Å²) in [6, 6.07) is -0.347. The van der Waals surface area contributed by atoms with Crippen LogP contribution in [0.1, 0.15) is 32.6 Å². The van der Waals surface area contributed by atoms with Gasteiger partial charge in [-0.05, 0) is 59.2 Å². The fourth-order valence-corrected chi connectivity index (χ4v) is 2.43. The first kappa shape index (κ1) is 14.5. The minimum Gasteiger partial charge on any atom is -0.341 e. The number of likely N-dealkylation sites (tertiary alicyclic amines) is 1. The van der Waals surface area contributed by atoms with Crippen molar-refractivity contribution in [2.45, 2.75) is 38.6 Å². The van der Waals surface area contributed by atoms with Crippen LogP contribution < -0.4 is 5.73 Å². The number of amides is 1. The van der Waals surface area contributed by atoms with Gasteiger partial charge in [0.1, 0.15) is 0 Å². The molecule has 4 nitrogen and oxygen atoms in total. The minimum absolute atomic E-state index is 0.108. The van der Waals surface area contributed by atoms with E-state index in [9.17, 15) is 4.79 Å². The van der Waals surface area contributed by atoms with Gasteiger partial charge in [-0.3, -0.25) is 4.79 Å². The fourth-order valence-electron chi connectivity index (χ4n) is 2.43. The molecule has 0 saturated carbocycles. The maximum absolute atomic E-state index is 11.7. The molecule has 1 amide bonds. The zero-order valence-corrected chi connectivity index (χ0v) is 11.5. The summed E-state index contributed by atoms with van der Waals surface area (Å²) in [7, 11) is 4.23. The smallest absolute Gasteiger partial charge is 0.239 e. The molecule has 0 aromatic carbocycles. The molecule has 17 heavy (non-hydrogen) atoms. The average molecular weight is 241 g/mol. The molecule has 0 bridgehead atoms. The number of hydrogen-bond donors (Lipinski definition) is 1. The second-order valence-corrected chi connectivity index (χ2v) is 5.50. The molecule has 0 spiro atoms. The quantitative estimate of drug-likeness (QED) is 0.778. The summed E-state index contributed by atoms with van der Waals surface area (Å²) in [5.74, 6) is 0.906. The highest BCUT2D eigenvalue weighted by molar-refractivity contribution is 5.81. The molecule has 4 heteroatoms. The van der Waals surface area contributed by atoms with Gasteiger partial charge in [-0.15, -0.1) is 0 Å². The van der Waals surface area contributed by atoms with Crippen molar-refractivity contribution in [2.24, 2.45) is 11.7 Å². The molecule has 1 aliphatic heterocycles. The SMILES string of the molecule is C[C@H](N)C(=O)N1CCC(CCCN(C)C)CC1. The summed E-state index contributed by atoms with van der Waals surface area (Å²) in [5, 5.41) is 0. The van der Waals surface area contributed by atoms with Gasteiger partial charge < -0.3 is 15.5 Å². The number of carbonyl (C=O) groups is 1. The Morgan fingerprint density at radius 3 is 2.47 bits per heavy atom. The van der Waals surface area contributed by atoms with Gasteiger partial charge in [0.2, 0.25) is 5.91 Å². The van der Waals surface area contributed by atoms with E-state index in [0.29, 0.717) is 0 Å². The highest BCUT2D eigenvalue weighted by Crippen LogP contribution is 2.22. The van der Waals surface area contributed by atoms with E-state index in [2.05, 4.69) is 19.0 Å². The van der Waals surface area contributed by atoms with Crippen LogP contribution in [0.3, 0.4) is 0 Å². The largest absolute Gasteiger partial charge is 0.341 e. The van der Waals surface area contributed by atoms with E-state index in [0.717, 1.165) is 31.8 Å². The van der Waals surface area contributed by atoms with Gasteiger partial charge in [-0.2, -0.15) is 0 Å². The summed E-state index contributed by atoms with van der Waals surface area (Å²) in [5.41, 5.74) is 5.62. The summed E-state index contributed by atoms with van der Waals surface area (Å²) < 4.78 is 0. The van der Waals surface area contributed by atoms with Crippen molar-refractivity contribution in [3.63, 3.8) is 0 Å². The van der Waals surface area contributed by atoms with Crippen LogP contribution in [0.15, 0.2) is 0 Å². The van der Waals surface area contributed by atoms with Crippen LogP contribution in [0.4, 0.5) is 0 Å². The Kier molecular flexibility index (Phi) is 5.92. The van der Waals surface area contributed by atoms with Crippen LogP contribution in [0, 0.1) is 5.92 Å². The summed E-state index contributed by atoms with van der Waals surface area (Å²) in [6.45, 7) is 4.73. The van der Waals surface area contributed by atoms with Gasteiger partial charge in [-0.1, -0.05) is 0 Å². The molecule has 0 unspecified atom stereocenters. The third-order valence-corrected chi connectivity index (χ3v) is 3.53. The second-order valence-electron chi connectivity index (χ2n) is 5.50. The molecular formula is C13H27N3O. The second kappa shape index (κ2) is 6.97. The van der Waals surface area contributed by atoms with E-state index in [-0.39, 0.29) is 11.9 Å². The Morgan fingerprint density at radius 2 is 2.00 bits per heavy atom. The molecule has 1 atom stereocenters. The molecule has 1 fully saturated rings. The highest BCUT2D eigenvalue weighted by Gasteiger charge is 2.23. The lowest BCUT2D eigenvalue weighted by Gasteiger charge is -2.33. The molecule has 0 aliphatic carbocycles. The van der Waals surface area contributed by atoms with Crippen molar-refractivity contribution in [2.75, 3.05) is 33.7 Å². The zero-order chi connectivity index (χ0) is 12.8. The van der Waals surface area contributed by atoms with Gasteiger partial charge in [0.05, 0.1) is 6.04 Å². The summed E-state index contributed by atoms with van der Waals surface area (Å²) >= 11 is 0. The first-order valence-corrected chi connectivity index (χ1v) is 6.69. The molecule has 0 aromatic rings. The Morgan fingerprint density at radius 1 is 1.41 bits per heavy atom. The Bertz CT molecular complexity index is 233. The lowest BCUT2D eigenvalue weighted by molar-refractivity contribution is -0.133. The van der Waals surface area contributed by atoms with Crippen molar-refractivity contribution in [1.29, 1.82) is 0 Å². The first-order valence-electron chi connectivity index (χ1n) is 6.69. The summed E-state index contributed by atoms with van der Waals surface area (Å²) in [4.78, 5) is 15.9. The van der Waals surface area contributed by atoms with Crippen LogP contribution in [0.2, 0.25) is 0 Å².